The molecule has 1 saturated carbocycles. The van der Waals surface area contributed by atoms with E-state index in [1.54, 1.807) is 0 Å². The summed E-state index contributed by atoms with van der Waals surface area (Å²) in [4.78, 5) is 25.9. The molecule has 120 valence electrons. The average Bonchev–Trinajstić information content (AvgIpc) is 2.46. The van der Waals surface area contributed by atoms with Crippen LogP contribution < -0.4 is 0 Å². The van der Waals surface area contributed by atoms with Crippen LogP contribution in [0, 0.1) is 5.92 Å². The minimum Gasteiger partial charge on any atom is -0.469 e. The van der Waals surface area contributed by atoms with Crippen LogP contribution in [0.2, 0.25) is 0 Å². The summed E-state index contributed by atoms with van der Waals surface area (Å²) in [6, 6.07) is 0. The van der Waals surface area contributed by atoms with Crippen molar-refractivity contribution in [3.8, 4) is 0 Å². The van der Waals surface area contributed by atoms with Crippen molar-refractivity contribution in [3.63, 3.8) is 0 Å². The molecule has 1 atom stereocenters. The molecule has 2 fully saturated rings. The van der Waals surface area contributed by atoms with Gasteiger partial charge < -0.3 is 14.4 Å². The number of rotatable bonds is 3. The fraction of sp³-hybridized carbons (Fsp3) is 0.875. The van der Waals surface area contributed by atoms with Gasteiger partial charge in [0.2, 0.25) is 5.91 Å². The molecule has 0 aromatic carbocycles. The predicted molar refractivity (Wildman–Crippen MR) is 78.8 cm³/mol. The molecule has 0 N–H and O–H groups in total. The Labute approximate surface area is 127 Å². The van der Waals surface area contributed by atoms with E-state index in [0.29, 0.717) is 19.7 Å². The van der Waals surface area contributed by atoms with E-state index in [2.05, 4.69) is 4.74 Å². The van der Waals surface area contributed by atoms with Crippen molar-refractivity contribution < 1.29 is 19.1 Å². The zero-order valence-electron chi connectivity index (χ0n) is 13.0. The van der Waals surface area contributed by atoms with Crippen molar-refractivity contribution in [2.24, 2.45) is 5.92 Å². The minimum atomic E-state index is -0.278. The first-order chi connectivity index (χ1) is 10.2. The van der Waals surface area contributed by atoms with E-state index in [4.69, 9.17) is 4.74 Å². The Morgan fingerprint density at radius 3 is 2.48 bits per heavy atom. The second kappa shape index (κ2) is 8.37. The first kappa shape index (κ1) is 16.3. The molecule has 0 spiro atoms. The van der Waals surface area contributed by atoms with Gasteiger partial charge in [0.25, 0.3) is 0 Å². The highest BCUT2D eigenvalue weighted by molar-refractivity contribution is 5.79. The third-order valence-corrected chi connectivity index (χ3v) is 4.53. The van der Waals surface area contributed by atoms with E-state index in [1.807, 2.05) is 4.90 Å². The lowest BCUT2D eigenvalue weighted by atomic mass is 9.90. The van der Waals surface area contributed by atoms with Gasteiger partial charge in [0.05, 0.1) is 26.2 Å². The van der Waals surface area contributed by atoms with Crippen molar-refractivity contribution in [2.75, 3.05) is 26.8 Å². The summed E-state index contributed by atoms with van der Waals surface area (Å²) < 4.78 is 10.2. The summed E-state index contributed by atoms with van der Waals surface area (Å²) in [6.45, 7) is 1.68. The number of hydrogen-bond donors (Lipinski definition) is 0. The van der Waals surface area contributed by atoms with Crippen molar-refractivity contribution >= 4 is 11.9 Å². The summed E-state index contributed by atoms with van der Waals surface area (Å²) in [7, 11) is 1.38. The molecular formula is C16H27NO4. The van der Waals surface area contributed by atoms with Gasteiger partial charge >= 0.3 is 5.97 Å². The summed E-state index contributed by atoms with van der Waals surface area (Å²) in [5.41, 5.74) is 0. The maximum Gasteiger partial charge on any atom is 0.308 e. The molecule has 0 bridgehead atoms. The molecule has 1 saturated heterocycles. The Morgan fingerprint density at radius 1 is 1.14 bits per heavy atom. The van der Waals surface area contributed by atoms with Crippen LogP contribution in [0.4, 0.5) is 0 Å². The van der Waals surface area contributed by atoms with Crippen LogP contribution in [0.15, 0.2) is 0 Å². The summed E-state index contributed by atoms with van der Waals surface area (Å²) >= 11 is 0. The Balaban J connectivity index is 1.86. The van der Waals surface area contributed by atoms with Crippen LogP contribution in [0.25, 0.3) is 0 Å². The molecule has 1 amide bonds. The summed E-state index contributed by atoms with van der Waals surface area (Å²) in [5, 5.41) is 0. The lowest BCUT2D eigenvalue weighted by Gasteiger charge is -2.35. The van der Waals surface area contributed by atoms with Gasteiger partial charge in [-0.25, -0.2) is 0 Å². The maximum atomic E-state index is 12.7. The van der Waals surface area contributed by atoms with Crippen LogP contribution in [-0.2, 0) is 19.1 Å². The first-order valence-electron chi connectivity index (χ1n) is 8.18. The normalized spacial score (nSPS) is 25.0. The molecule has 5 heteroatoms. The molecule has 1 aliphatic heterocycles. The maximum absolute atomic E-state index is 12.7. The number of methoxy groups -OCH3 is 1. The van der Waals surface area contributed by atoms with E-state index in [0.717, 1.165) is 25.7 Å². The smallest absolute Gasteiger partial charge is 0.308 e. The molecule has 1 unspecified atom stereocenters. The number of carbonyl (C=O) groups is 2. The van der Waals surface area contributed by atoms with E-state index in [9.17, 15) is 9.59 Å². The van der Waals surface area contributed by atoms with Crippen molar-refractivity contribution in [1.29, 1.82) is 0 Å². The van der Waals surface area contributed by atoms with Crippen LogP contribution in [0.3, 0.4) is 0 Å². The van der Waals surface area contributed by atoms with Gasteiger partial charge in [-0.15, -0.1) is 0 Å². The van der Waals surface area contributed by atoms with E-state index in [-0.39, 0.29) is 30.3 Å². The second-order valence-corrected chi connectivity index (χ2v) is 6.10. The highest BCUT2D eigenvalue weighted by Gasteiger charge is 2.30. The topological polar surface area (TPSA) is 55.8 Å². The highest BCUT2D eigenvalue weighted by atomic mass is 16.5. The molecule has 0 aromatic rings. The summed E-state index contributed by atoms with van der Waals surface area (Å²) in [5.74, 6) is 0.150. The number of hydrogen-bond acceptors (Lipinski definition) is 4. The molecule has 0 aromatic heterocycles. The van der Waals surface area contributed by atoms with Gasteiger partial charge in [0.15, 0.2) is 0 Å². The average molecular weight is 297 g/mol. The van der Waals surface area contributed by atoms with E-state index < -0.39 is 0 Å². The molecule has 1 aliphatic carbocycles. The lowest BCUT2D eigenvalue weighted by Crippen LogP contribution is -2.48. The monoisotopic (exact) mass is 297 g/mol. The highest BCUT2D eigenvalue weighted by Crippen LogP contribution is 2.25. The molecule has 0 radical (unpaired) electrons. The second-order valence-electron chi connectivity index (χ2n) is 6.10. The zero-order valence-corrected chi connectivity index (χ0v) is 13.0. The number of ether oxygens (including phenoxy) is 2. The fourth-order valence-corrected chi connectivity index (χ4v) is 3.27. The van der Waals surface area contributed by atoms with Crippen LogP contribution in [0.1, 0.15) is 51.4 Å². The SMILES string of the molecule is COC(=O)CC1CN(C(=O)C2CCCCCCC2)CCO1. The molecule has 1 heterocycles. The first-order valence-corrected chi connectivity index (χ1v) is 8.18. The number of carbonyl (C=O) groups excluding carboxylic acids is 2. The molecular weight excluding hydrogens is 270 g/mol. The predicted octanol–water partition coefficient (Wildman–Crippen LogP) is 2.14. The largest absolute Gasteiger partial charge is 0.469 e. The molecule has 21 heavy (non-hydrogen) atoms. The molecule has 2 rings (SSSR count). The Hall–Kier alpha value is -1.10. The Morgan fingerprint density at radius 2 is 1.81 bits per heavy atom. The summed E-state index contributed by atoms with van der Waals surface area (Å²) in [6.07, 6.45) is 8.15. The van der Waals surface area contributed by atoms with Gasteiger partial charge in [-0.3, -0.25) is 9.59 Å². The number of amides is 1. The number of esters is 1. The lowest BCUT2D eigenvalue weighted by molar-refractivity contribution is -0.152. The van der Waals surface area contributed by atoms with Gasteiger partial charge in [-0.05, 0) is 12.8 Å². The Bertz CT molecular complexity index is 350. The number of morpholine rings is 1. The van der Waals surface area contributed by atoms with Crippen molar-refractivity contribution in [2.45, 2.75) is 57.5 Å². The minimum absolute atomic E-state index is 0.169. The van der Waals surface area contributed by atoms with Crippen molar-refractivity contribution in [1.82, 2.24) is 4.90 Å². The van der Waals surface area contributed by atoms with Crippen LogP contribution >= 0.6 is 0 Å². The quantitative estimate of drug-likeness (QED) is 0.749. The molecule has 2 aliphatic rings. The van der Waals surface area contributed by atoms with Gasteiger partial charge in [-0.2, -0.15) is 0 Å². The third kappa shape index (κ3) is 4.99. The number of nitrogens with zero attached hydrogens (tertiary/aromatic N) is 1. The van der Waals surface area contributed by atoms with E-state index in [1.165, 1.54) is 26.4 Å². The van der Waals surface area contributed by atoms with Gasteiger partial charge in [-0.1, -0.05) is 32.1 Å². The Kier molecular flexibility index (Phi) is 6.49. The third-order valence-electron chi connectivity index (χ3n) is 4.53. The fourth-order valence-electron chi connectivity index (χ4n) is 3.27. The van der Waals surface area contributed by atoms with Crippen LogP contribution in [-0.4, -0.2) is 49.7 Å². The zero-order chi connectivity index (χ0) is 15.1. The molecule has 5 nitrogen and oxygen atoms in total. The van der Waals surface area contributed by atoms with Crippen molar-refractivity contribution in [3.05, 3.63) is 0 Å². The van der Waals surface area contributed by atoms with Gasteiger partial charge in [0, 0.05) is 19.0 Å². The van der Waals surface area contributed by atoms with Crippen LogP contribution in [0.5, 0.6) is 0 Å². The standard InChI is InChI=1S/C16H27NO4/c1-20-15(18)11-14-12-17(9-10-21-14)16(19)13-7-5-3-2-4-6-8-13/h13-14H,2-12H2,1H3. The van der Waals surface area contributed by atoms with E-state index >= 15 is 0 Å². The van der Waals surface area contributed by atoms with Gasteiger partial charge in [0.1, 0.15) is 0 Å².